The van der Waals surface area contributed by atoms with E-state index in [1.165, 1.54) is 0 Å². The van der Waals surface area contributed by atoms with Crippen LogP contribution in [0.1, 0.15) is 68.6 Å². The highest BCUT2D eigenvalue weighted by molar-refractivity contribution is 5.69. The normalized spacial score (nSPS) is 15.6. The number of ether oxygens (including phenoxy) is 2. The van der Waals surface area contributed by atoms with Gasteiger partial charge in [-0.05, 0) is 48.9 Å². The summed E-state index contributed by atoms with van der Waals surface area (Å²) in [5.41, 5.74) is 3.35. The molecule has 0 saturated heterocycles. The molecular weight excluding hydrogens is 440 g/mol. The highest BCUT2D eigenvalue weighted by Gasteiger charge is 2.48. The molecule has 3 aromatic rings. The number of methoxy groups -OCH3 is 1. The maximum Gasteiger partial charge on any atom is 0.394 e. The standard InChI is InChI=1S/C26H29F2N3O3/c1-5-16(2)19-7-6-17(12-21(19)34-25(3,27)28)24-20(33-4)8-9-22(31-24)26(10-11-26)18-13-29-23(15-32)30-14-18/h6-9,12-14,16,32H,5,10-11,15H2,1-4H3. The molecular formula is C26H29F2N3O3. The molecule has 34 heavy (non-hydrogen) atoms. The Balaban J connectivity index is 1.78. The molecule has 1 saturated carbocycles. The number of aliphatic hydroxyl groups is 1. The van der Waals surface area contributed by atoms with Crippen LogP contribution in [0.25, 0.3) is 11.3 Å². The lowest BCUT2D eigenvalue weighted by Crippen LogP contribution is -2.20. The van der Waals surface area contributed by atoms with Gasteiger partial charge in [-0.15, -0.1) is 0 Å². The van der Waals surface area contributed by atoms with E-state index < -0.39 is 6.11 Å². The fourth-order valence-corrected chi connectivity index (χ4v) is 4.18. The lowest BCUT2D eigenvalue weighted by molar-refractivity contribution is -0.159. The van der Waals surface area contributed by atoms with Crippen LogP contribution in [0, 0.1) is 0 Å². The van der Waals surface area contributed by atoms with Gasteiger partial charge >= 0.3 is 6.11 Å². The molecule has 0 spiro atoms. The third-order valence-corrected chi connectivity index (χ3v) is 6.44. The van der Waals surface area contributed by atoms with Crippen molar-refractivity contribution >= 4 is 0 Å². The van der Waals surface area contributed by atoms with Gasteiger partial charge in [0.25, 0.3) is 0 Å². The van der Waals surface area contributed by atoms with Crippen LogP contribution in [0.2, 0.25) is 0 Å². The van der Waals surface area contributed by atoms with E-state index >= 15 is 0 Å². The van der Waals surface area contributed by atoms with E-state index in [-0.39, 0.29) is 23.7 Å². The Hall–Kier alpha value is -3.13. The lowest BCUT2D eigenvalue weighted by Gasteiger charge is -2.21. The topological polar surface area (TPSA) is 77.4 Å². The minimum atomic E-state index is -3.31. The van der Waals surface area contributed by atoms with Gasteiger partial charge in [0.15, 0.2) is 5.82 Å². The number of halogens is 2. The van der Waals surface area contributed by atoms with Gasteiger partial charge in [0.1, 0.15) is 23.8 Å². The lowest BCUT2D eigenvalue weighted by atomic mass is 9.93. The van der Waals surface area contributed by atoms with Crippen molar-refractivity contribution in [2.24, 2.45) is 0 Å². The Bertz CT molecular complexity index is 1160. The molecule has 2 aromatic heterocycles. The van der Waals surface area contributed by atoms with Gasteiger partial charge in [0.2, 0.25) is 0 Å². The first kappa shape index (κ1) is 24.0. The fourth-order valence-electron chi connectivity index (χ4n) is 4.18. The molecule has 8 heteroatoms. The average Bonchev–Trinajstić information content (AvgIpc) is 3.64. The molecule has 6 nitrogen and oxygen atoms in total. The van der Waals surface area contributed by atoms with Crippen molar-refractivity contribution in [3.05, 3.63) is 65.4 Å². The Labute approximate surface area is 198 Å². The average molecular weight is 470 g/mol. The molecule has 0 bridgehead atoms. The van der Waals surface area contributed by atoms with Crippen LogP contribution in [0.15, 0.2) is 42.7 Å². The molecule has 1 aliphatic rings. The van der Waals surface area contributed by atoms with E-state index in [2.05, 4.69) is 9.97 Å². The molecule has 1 unspecified atom stereocenters. The van der Waals surface area contributed by atoms with Gasteiger partial charge in [0, 0.05) is 35.9 Å². The third-order valence-electron chi connectivity index (χ3n) is 6.44. The molecule has 1 aromatic carbocycles. The number of aromatic nitrogens is 3. The minimum absolute atomic E-state index is 0.0595. The van der Waals surface area contributed by atoms with Crippen LogP contribution in [-0.4, -0.2) is 33.3 Å². The van der Waals surface area contributed by atoms with Gasteiger partial charge in [0.05, 0.1) is 12.8 Å². The first-order valence-corrected chi connectivity index (χ1v) is 11.4. The van der Waals surface area contributed by atoms with E-state index in [0.717, 1.165) is 43.0 Å². The monoisotopic (exact) mass is 469 g/mol. The van der Waals surface area contributed by atoms with Gasteiger partial charge in [-0.2, -0.15) is 8.78 Å². The largest absolute Gasteiger partial charge is 0.494 e. The maximum absolute atomic E-state index is 13.8. The Kier molecular flexibility index (Phi) is 6.53. The fraction of sp³-hybridized carbons (Fsp3) is 0.423. The van der Waals surface area contributed by atoms with Crippen molar-refractivity contribution in [1.82, 2.24) is 15.0 Å². The molecule has 2 heterocycles. The van der Waals surface area contributed by atoms with Crippen molar-refractivity contribution in [1.29, 1.82) is 0 Å². The number of nitrogens with zero attached hydrogens (tertiary/aromatic N) is 3. The number of rotatable bonds is 9. The summed E-state index contributed by atoms with van der Waals surface area (Å²) in [6, 6.07) is 9.08. The van der Waals surface area contributed by atoms with Crippen molar-refractivity contribution in [2.75, 3.05) is 7.11 Å². The number of benzene rings is 1. The SMILES string of the molecule is CCC(C)c1ccc(-c2nc(C3(c4cnc(CO)nc4)CC3)ccc2OC)cc1OC(C)(F)F. The van der Waals surface area contributed by atoms with Crippen LogP contribution in [0.4, 0.5) is 8.78 Å². The zero-order valence-corrected chi connectivity index (χ0v) is 19.8. The molecule has 180 valence electrons. The van der Waals surface area contributed by atoms with Crippen LogP contribution >= 0.6 is 0 Å². The summed E-state index contributed by atoms with van der Waals surface area (Å²) in [7, 11) is 1.56. The summed E-state index contributed by atoms with van der Waals surface area (Å²) in [6.45, 7) is 4.51. The Morgan fingerprint density at radius 2 is 1.82 bits per heavy atom. The summed E-state index contributed by atoms with van der Waals surface area (Å²) >= 11 is 0. The maximum atomic E-state index is 13.8. The van der Waals surface area contributed by atoms with Gasteiger partial charge < -0.3 is 14.6 Å². The highest BCUT2D eigenvalue weighted by Crippen LogP contribution is 2.53. The molecule has 0 radical (unpaired) electrons. The molecule has 0 amide bonds. The summed E-state index contributed by atoms with van der Waals surface area (Å²) in [5, 5.41) is 9.24. The Morgan fingerprint density at radius 1 is 1.12 bits per heavy atom. The van der Waals surface area contributed by atoms with Gasteiger partial charge in [-0.1, -0.05) is 26.0 Å². The zero-order valence-electron chi connectivity index (χ0n) is 19.8. The van der Waals surface area contributed by atoms with E-state index in [1.54, 1.807) is 25.6 Å². The van der Waals surface area contributed by atoms with E-state index in [9.17, 15) is 13.9 Å². The van der Waals surface area contributed by atoms with Crippen molar-refractivity contribution < 1.29 is 23.4 Å². The smallest absolute Gasteiger partial charge is 0.394 e. The van der Waals surface area contributed by atoms with Crippen LogP contribution in [-0.2, 0) is 12.0 Å². The van der Waals surface area contributed by atoms with E-state index in [0.29, 0.717) is 22.8 Å². The molecule has 0 aliphatic heterocycles. The first-order valence-electron chi connectivity index (χ1n) is 11.4. The van der Waals surface area contributed by atoms with Crippen LogP contribution in [0.3, 0.4) is 0 Å². The van der Waals surface area contributed by atoms with Crippen LogP contribution < -0.4 is 9.47 Å². The minimum Gasteiger partial charge on any atom is -0.494 e. The highest BCUT2D eigenvalue weighted by atomic mass is 19.3. The number of hydrogen-bond donors (Lipinski definition) is 1. The van der Waals surface area contributed by atoms with Crippen LogP contribution in [0.5, 0.6) is 11.5 Å². The van der Waals surface area contributed by atoms with Crippen molar-refractivity contribution in [2.45, 2.75) is 64.1 Å². The molecule has 1 atom stereocenters. The second kappa shape index (κ2) is 9.25. The second-order valence-electron chi connectivity index (χ2n) is 8.85. The summed E-state index contributed by atoms with van der Waals surface area (Å²) < 4.78 is 38.2. The van der Waals surface area contributed by atoms with Gasteiger partial charge in [-0.3, -0.25) is 0 Å². The summed E-state index contributed by atoms with van der Waals surface area (Å²) in [5.74, 6) is 1.11. The number of hydrogen-bond acceptors (Lipinski definition) is 6. The number of aliphatic hydroxyl groups excluding tert-OH is 1. The number of alkyl halides is 2. The van der Waals surface area contributed by atoms with E-state index in [1.807, 2.05) is 38.1 Å². The second-order valence-corrected chi connectivity index (χ2v) is 8.85. The van der Waals surface area contributed by atoms with Crippen molar-refractivity contribution in [3.8, 4) is 22.8 Å². The van der Waals surface area contributed by atoms with E-state index in [4.69, 9.17) is 14.5 Å². The number of pyridine rings is 1. The summed E-state index contributed by atoms with van der Waals surface area (Å²) in [6.07, 6.45) is 2.72. The van der Waals surface area contributed by atoms with Gasteiger partial charge in [-0.25, -0.2) is 15.0 Å². The third kappa shape index (κ3) is 4.73. The molecule has 1 N–H and O–H groups in total. The van der Waals surface area contributed by atoms with Crippen molar-refractivity contribution in [3.63, 3.8) is 0 Å². The molecule has 4 rings (SSSR count). The predicted octanol–water partition coefficient (Wildman–Crippen LogP) is 5.62. The predicted molar refractivity (Wildman–Crippen MR) is 124 cm³/mol. The Morgan fingerprint density at radius 3 is 2.38 bits per heavy atom. The summed E-state index contributed by atoms with van der Waals surface area (Å²) in [4.78, 5) is 13.4. The molecule has 1 fully saturated rings. The molecule has 1 aliphatic carbocycles. The zero-order chi connectivity index (χ0) is 24.5. The first-order chi connectivity index (χ1) is 16.2. The quantitative estimate of drug-likeness (QED) is 0.438.